The minimum atomic E-state index is -3.20. The van der Waals surface area contributed by atoms with Crippen LogP contribution >= 0.6 is 0 Å². The average molecular weight is 647 g/mol. The highest BCUT2D eigenvalue weighted by Gasteiger charge is 2.36. The molecule has 49 heavy (non-hydrogen) atoms. The summed E-state index contributed by atoms with van der Waals surface area (Å²) in [5.41, 5.74) is 25.9. The van der Waals surface area contributed by atoms with Crippen LogP contribution in [0, 0.1) is 64.5 Å². The van der Waals surface area contributed by atoms with Crippen LogP contribution in [0.5, 0.6) is 0 Å². The highest BCUT2D eigenvalue weighted by Crippen LogP contribution is 2.35. The molecule has 0 nitrogen and oxygen atoms in total. The summed E-state index contributed by atoms with van der Waals surface area (Å²) in [7, 11) is -3.20. The molecule has 0 saturated heterocycles. The lowest BCUT2D eigenvalue weighted by Gasteiger charge is -2.27. The van der Waals surface area contributed by atoms with Gasteiger partial charge in [-0.15, -0.1) is 0 Å². The van der Waals surface area contributed by atoms with Gasteiger partial charge in [0, 0.05) is 11.1 Å². The fraction of sp³-hybridized carbons (Fsp3) is 0.125. The summed E-state index contributed by atoms with van der Waals surface area (Å²) in [4.78, 5) is 0. The van der Waals surface area contributed by atoms with Crippen LogP contribution in [0.25, 0.3) is 28.3 Å². The molecular formula is C48H42Si. The van der Waals surface area contributed by atoms with Crippen LogP contribution in [0.1, 0.15) is 50.1 Å². The maximum absolute atomic E-state index is 3.96. The Kier molecular flexibility index (Phi) is 9.96. The standard InChI is InChI=1S/C48H42Si/c1-35-31-37(3)46(38(4)32-35)44-23-16-24-45(47-39(5)33-36(2)34-40(47)6)48(44)49(28-25-41-17-10-7-11-18-41,29-26-42-19-12-8-13-20-42)30-27-43-21-14-9-15-22-43/h7-25,28,31-34H,1-6H3/b28-25-. The molecule has 1 heteroatoms. The molecular weight excluding hydrogens is 605 g/mol. The van der Waals surface area contributed by atoms with E-state index in [2.05, 4.69) is 198 Å². The topological polar surface area (TPSA) is 0 Å². The first-order chi connectivity index (χ1) is 23.7. The summed E-state index contributed by atoms with van der Waals surface area (Å²) in [6.07, 6.45) is 2.25. The molecule has 0 unspecified atom stereocenters. The van der Waals surface area contributed by atoms with E-state index in [9.17, 15) is 0 Å². The van der Waals surface area contributed by atoms with Gasteiger partial charge in [0.1, 0.15) is 0 Å². The van der Waals surface area contributed by atoms with Gasteiger partial charge in [-0.05, 0) is 121 Å². The fourth-order valence-corrected chi connectivity index (χ4v) is 10.1. The lowest BCUT2D eigenvalue weighted by atomic mass is 9.89. The van der Waals surface area contributed by atoms with Gasteiger partial charge in [-0.1, -0.05) is 155 Å². The van der Waals surface area contributed by atoms with Crippen molar-refractivity contribution in [1.82, 2.24) is 0 Å². The summed E-state index contributed by atoms with van der Waals surface area (Å²) >= 11 is 0. The fourth-order valence-electron chi connectivity index (χ4n) is 7.10. The Morgan fingerprint density at radius 3 is 1.24 bits per heavy atom. The maximum atomic E-state index is 3.96. The second kappa shape index (κ2) is 14.7. The van der Waals surface area contributed by atoms with E-state index in [1.165, 1.54) is 60.8 Å². The third kappa shape index (κ3) is 7.45. The predicted molar refractivity (Wildman–Crippen MR) is 213 cm³/mol. The number of hydrogen-bond acceptors (Lipinski definition) is 0. The van der Waals surface area contributed by atoms with Gasteiger partial charge in [0.15, 0.2) is 0 Å². The molecule has 0 fully saturated rings. The predicted octanol–water partition coefficient (Wildman–Crippen LogP) is 11.0. The van der Waals surface area contributed by atoms with E-state index in [1.54, 1.807) is 0 Å². The van der Waals surface area contributed by atoms with E-state index in [-0.39, 0.29) is 0 Å². The third-order valence-corrected chi connectivity index (χ3v) is 12.1. The molecule has 0 N–H and O–H groups in total. The Bertz CT molecular complexity index is 2090. The second-order valence-corrected chi connectivity index (χ2v) is 16.0. The van der Waals surface area contributed by atoms with Crippen molar-refractivity contribution in [2.45, 2.75) is 41.5 Å². The van der Waals surface area contributed by atoms with E-state index in [1.807, 2.05) is 12.1 Å². The van der Waals surface area contributed by atoms with Gasteiger partial charge in [-0.2, -0.15) is 0 Å². The maximum Gasteiger partial charge on any atom is 0.271 e. The molecule has 0 saturated carbocycles. The molecule has 0 amide bonds. The largest absolute Gasteiger partial charge is 0.271 e. The lowest BCUT2D eigenvalue weighted by Crippen LogP contribution is -2.47. The molecule has 0 aromatic heterocycles. The molecule has 0 atom stereocenters. The Hall–Kier alpha value is -5.60. The monoisotopic (exact) mass is 646 g/mol. The Morgan fingerprint density at radius 1 is 0.449 bits per heavy atom. The van der Waals surface area contributed by atoms with Gasteiger partial charge in [0.2, 0.25) is 0 Å². The van der Waals surface area contributed by atoms with Gasteiger partial charge >= 0.3 is 0 Å². The van der Waals surface area contributed by atoms with Crippen LogP contribution in [0.3, 0.4) is 0 Å². The summed E-state index contributed by atoms with van der Waals surface area (Å²) in [6.45, 7) is 13.3. The van der Waals surface area contributed by atoms with Crippen LogP contribution in [0.15, 0.2) is 139 Å². The van der Waals surface area contributed by atoms with Crippen LogP contribution in [-0.2, 0) is 0 Å². The number of benzene rings is 6. The summed E-state index contributed by atoms with van der Waals surface area (Å²) in [5.74, 6) is 7.30. The molecule has 238 valence electrons. The summed E-state index contributed by atoms with van der Waals surface area (Å²) < 4.78 is 0. The highest BCUT2D eigenvalue weighted by atomic mass is 28.3. The molecule has 0 aliphatic rings. The van der Waals surface area contributed by atoms with Crippen molar-refractivity contribution in [2.75, 3.05) is 0 Å². The zero-order valence-corrected chi connectivity index (χ0v) is 30.4. The van der Waals surface area contributed by atoms with Crippen molar-refractivity contribution in [1.29, 1.82) is 0 Å². The van der Waals surface area contributed by atoms with E-state index >= 15 is 0 Å². The number of hydrogen-bond donors (Lipinski definition) is 0. The van der Waals surface area contributed by atoms with E-state index in [4.69, 9.17) is 0 Å². The lowest BCUT2D eigenvalue weighted by molar-refractivity contribution is 1.31. The highest BCUT2D eigenvalue weighted by molar-refractivity contribution is 7.09. The molecule has 0 aliphatic carbocycles. The first-order valence-electron chi connectivity index (χ1n) is 16.9. The van der Waals surface area contributed by atoms with Crippen molar-refractivity contribution in [3.8, 4) is 45.2 Å². The first kappa shape index (κ1) is 33.3. The molecule has 6 rings (SSSR count). The van der Waals surface area contributed by atoms with Gasteiger partial charge in [0.25, 0.3) is 8.07 Å². The molecule has 0 spiro atoms. The van der Waals surface area contributed by atoms with Crippen molar-refractivity contribution < 1.29 is 0 Å². The van der Waals surface area contributed by atoms with Crippen molar-refractivity contribution in [2.24, 2.45) is 0 Å². The SMILES string of the molecule is Cc1cc(C)c(-c2cccc(-c3c(C)cc(C)cc3C)c2[Si](C#Cc2ccccc2)(C#Cc2ccccc2)/C=C\c2ccccc2)c(C)c1. The minimum absolute atomic E-state index is 0.985. The van der Waals surface area contributed by atoms with Crippen molar-refractivity contribution >= 4 is 19.3 Å². The Morgan fingerprint density at radius 2 is 0.837 bits per heavy atom. The molecule has 0 radical (unpaired) electrons. The smallest absolute Gasteiger partial charge is 0.0995 e. The molecule has 6 aromatic carbocycles. The summed E-state index contributed by atoms with van der Waals surface area (Å²) in [5, 5.41) is 1.24. The zero-order chi connectivity index (χ0) is 34.4. The van der Waals surface area contributed by atoms with Crippen molar-refractivity contribution in [3.63, 3.8) is 0 Å². The third-order valence-electron chi connectivity index (χ3n) is 9.03. The molecule has 6 aromatic rings. The molecule has 0 bridgehead atoms. The van der Waals surface area contributed by atoms with E-state index in [0.717, 1.165) is 16.7 Å². The van der Waals surface area contributed by atoms with Crippen LogP contribution in [0.4, 0.5) is 0 Å². The van der Waals surface area contributed by atoms with E-state index < -0.39 is 8.07 Å². The summed E-state index contributed by atoms with van der Waals surface area (Å²) in [6, 6.07) is 47.2. The van der Waals surface area contributed by atoms with Gasteiger partial charge in [-0.3, -0.25) is 0 Å². The Balaban J connectivity index is 1.81. The zero-order valence-electron chi connectivity index (χ0n) is 29.4. The Labute approximate surface area is 294 Å². The van der Waals surface area contributed by atoms with Crippen LogP contribution in [0.2, 0.25) is 0 Å². The van der Waals surface area contributed by atoms with Gasteiger partial charge in [0.05, 0.1) is 0 Å². The second-order valence-electron chi connectivity index (χ2n) is 13.1. The van der Waals surface area contributed by atoms with Crippen LogP contribution in [-0.4, -0.2) is 8.07 Å². The number of rotatable bonds is 5. The molecule has 0 heterocycles. The minimum Gasteiger partial charge on any atom is -0.0995 e. The number of aryl methyl sites for hydroxylation is 6. The quantitative estimate of drug-likeness (QED) is 0.129. The van der Waals surface area contributed by atoms with Gasteiger partial charge in [-0.25, -0.2) is 0 Å². The van der Waals surface area contributed by atoms with Gasteiger partial charge < -0.3 is 0 Å². The van der Waals surface area contributed by atoms with E-state index in [0.29, 0.717) is 0 Å². The average Bonchev–Trinajstić information content (AvgIpc) is 3.09. The normalized spacial score (nSPS) is 11.1. The van der Waals surface area contributed by atoms with Crippen LogP contribution < -0.4 is 5.19 Å². The molecule has 0 aliphatic heterocycles. The van der Waals surface area contributed by atoms with Crippen molar-refractivity contribution in [3.05, 3.63) is 189 Å². The first-order valence-corrected chi connectivity index (χ1v) is 19.0.